The van der Waals surface area contributed by atoms with Crippen LogP contribution in [0.2, 0.25) is 0 Å². The van der Waals surface area contributed by atoms with Crippen LogP contribution in [-0.4, -0.2) is 18.5 Å². The predicted molar refractivity (Wildman–Crippen MR) is 115 cm³/mol. The molecule has 0 saturated heterocycles. The molecule has 2 aromatic carbocycles. The first kappa shape index (κ1) is 25.3. The highest BCUT2D eigenvalue weighted by Crippen LogP contribution is 2.50. The smallest absolute Gasteiger partial charge is 0.421 e. The minimum absolute atomic E-state index is 0.0127. The number of halogens is 6. The van der Waals surface area contributed by atoms with Crippen molar-refractivity contribution < 1.29 is 45.4 Å². The molecule has 0 unspecified atom stereocenters. The van der Waals surface area contributed by atoms with Crippen molar-refractivity contribution in [1.82, 2.24) is 0 Å². The molecular formula is C23H16F6O4S. The number of hydrogen-bond acceptors (Lipinski definition) is 5. The van der Waals surface area contributed by atoms with Gasteiger partial charge in [0, 0.05) is 27.6 Å². The van der Waals surface area contributed by atoms with Crippen molar-refractivity contribution in [3.8, 4) is 5.75 Å². The summed E-state index contributed by atoms with van der Waals surface area (Å²) >= 11 is 0.324. The van der Waals surface area contributed by atoms with Crippen molar-refractivity contribution in [3.63, 3.8) is 0 Å². The summed E-state index contributed by atoms with van der Waals surface area (Å²) in [4.78, 5) is 22.6. The van der Waals surface area contributed by atoms with Gasteiger partial charge >= 0.3 is 24.3 Å². The summed E-state index contributed by atoms with van der Waals surface area (Å²) in [5, 5.41) is -0.0658. The van der Waals surface area contributed by atoms with E-state index in [-0.39, 0.29) is 40.5 Å². The van der Waals surface area contributed by atoms with Crippen molar-refractivity contribution in [2.75, 3.05) is 6.61 Å². The molecule has 0 saturated carbocycles. The van der Waals surface area contributed by atoms with E-state index >= 15 is 0 Å². The first-order valence-corrected chi connectivity index (χ1v) is 10.5. The van der Waals surface area contributed by atoms with E-state index in [2.05, 4.69) is 13.2 Å². The fourth-order valence-electron chi connectivity index (χ4n) is 3.44. The molecule has 3 aromatic rings. The fraction of sp³-hybridized carbons (Fsp3) is 0.217. The average molecular weight is 502 g/mol. The normalized spacial score (nSPS) is 12.1. The summed E-state index contributed by atoms with van der Waals surface area (Å²) < 4.78 is 92.4. The standard InChI is InChI=1S/C23H16F6O4S/c1-3-16(30)32-11-5-6-12-7-8-13-14-9-10-15(33-17(31)4-2)19(23(27,28)29)21(14)34-20(13)18(12)22(24,25)26/h3-4,7-10H,1-2,5-6,11H2. The number of fused-ring (bicyclic) bond motifs is 3. The predicted octanol–water partition coefficient (Wildman–Crippen LogP) is 6.85. The van der Waals surface area contributed by atoms with Gasteiger partial charge in [-0.15, -0.1) is 11.3 Å². The zero-order valence-electron chi connectivity index (χ0n) is 17.3. The lowest BCUT2D eigenvalue weighted by atomic mass is 9.99. The summed E-state index contributed by atoms with van der Waals surface area (Å²) in [7, 11) is 0. The van der Waals surface area contributed by atoms with Crippen LogP contribution in [0.3, 0.4) is 0 Å². The van der Waals surface area contributed by atoms with E-state index in [1.54, 1.807) is 0 Å². The lowest BCUT2D eigenvalue weighted by Crippen LogP contribution is -2.11. The molecule has 0 aliphatic carbocycles. The third-order valence-corrected chi connectivity index (χ3v) is 6.06. The third kappa shape index (κ3) is 5.09. The molecule has 0 atom stereocenters. The molecule has 0 aliphatic heterocycles. The third-order valence-electron chi connectivity index (χ3n) is 4.80. The largest absolute Gasteiger partial charge is 0.463 e. The Hall–Kier alpha value is -3.34. The van der Waals surface area contributed by atoms with Crippen LogP contribution >= 0.6 is 11.3 Å². The lowest BCUT2D eigenvalue weighted by molar-refractivity contribution is -0.140. The van der Waals surface area contributed by atoms with Crippen LogP contribution in [0.15, 0.2) is 49.6 Å². The molecule has 0 N–H and O–H groups in total. The molecule has 0 spiro atoms. The fourth-order valence-corrected chi connectivity index (χ4v) is 4.89. The number of ether oxygens (including phenoxy) is 2. The maximum Gasteiger partial charge on any atom is 0.421 e. The van der Waals surface area contributed by atoms with Gasteiger partial charge < -0.3 is 9.47 Å². The summed E-state index contributed by atoms with van der Waals surface area (Å²) in [5.41, 5.74) is -2.54. The maximum absolute atomic E-state index is 14.0. The summed E-state index contributed by atoms with van der Waals surface area (Å²) in [6.07, 6.45) is -8.33. The van der Waals surface area contributed by atoms with E-state index in [0.29, 0.717) is 17.4 Å². The van der Waals surface area contributed by atoms with Gasteiger partial charge in [-0.05, 0) is 30.5 Å². The SMILES string of the molecule is C=CC(=O)OCCCc1ccc2c(sc3c(C(F)(F)F)c(OC(=O)C=C)ccc32)c1C(F)(F)F. The number of carbonyl (C=O) groups is 2. The molecule has 3 rings (SSSR count). The monoisotopic (exact) mass is 502 g/mol. The second-order valence-corrected chi connectivity index (χ2v) is 8.01. The van der Waals surface area contributed by atoms with Gasteiger partial charge in [0.05, 0.1) is 16.9 Å². The molecule has 0 bridgehead atoms. The lowest BCUT2D eigenvalue weighted by Gasteiger charge is -2.14. The topological polar surface area (TPSA) is 52.6 Å². The second kappa shape index (κ2) is 9.49. The van der Waals surface area contributed by atoms with Gasteiger partial charge in [0.15, 0.2) is 0 Å². The Morgan fingerprint density at radius 2 is 1.41 bits per heavy atom. The number of benzene rings is 2. The quantitative estimate of drug-likeness (QED) is 0.117. The first-order chi connectivity index (χ1) is 15.9. The number of alkyl halides is 6. The van der Waals surface area contributed by atoms with Gasteiger partial charge in [0.1, 0.15) is 11.3 Å². The Morgan fingerprint density at radius 1 is 0.853 bits per heavy atom. The van der Waals surface area contributed by atoms with E-state index < -0.39 is 45.9 Å². The highest BCUT2D eigenvalue weighted by Gasteiger charge is 2.40. The minimum atomic E-state index is -5.01. The average Bonchev–Trinajstić information content (AvgIpc) is 3.11. The number of carbonyl (C=O) groups excluding carboxylic acids is 2. The van der Waals surface area contributed by atoms with Crippen molar-refractivity contribution in [1.29, 1.82) is 0 Å². The van der Waals surface area contributed by atoms with Crippen LogP contribution in [0.5, 0.6) is 5.75 Å². The molecule has 0 radical (unpaired) electrons. The number of esters is 2. The van der Waals surface area contributed by atoms with Crippen LogP contribution in [-0.2, 0) is 33.1 Å². The van der Waals surface area contributed by atoms with E-state index in [1.807, 2.05) is 0 Å². The van der Waals surface area contributed by atoms with Crippen molar-refractivity contribution in [2.45, 2.75) is 25.2 Å². The van der Waals surface area contributed by atoms with Gasteiger partial charge in [0.2, 0.25) is 0 Å². The summed E-state index contributed by atoms with van der Waals surface area (Å²) in [6, 6.07) is 4.60. The van der Waals surface area contributed by atoms with Crippen LogP contribution in [0.25, 0.3) is 20.2 Å². The van der Waals surface area contributed by atoms with Crippen LogP contribution in [0.1, 0.15) is 23.1 Å². The van der Waals surface area contributed by atoms with E-state index in [1.165, 1.54) is 18.2 Å². The molecule has 0 aliphatic rings. The highest BCUT2D eigenvalue weighted by atomic mass is 32.1. The van der Waals surface area contributed by atoms with Gasteiger partial charge in [-0.25, -0.2) is 9.59 Å². The van der Waals surface area contributed by atoms with Crippen molar-refractivity contribution in [3.05, 3.63) is 66.3 Å². The van der Waals surface area contributed by atoms with Crippen LogP contribution in [0, 0.1) is 0 Å². The van der Waals surface area contributed by atoms with Gasteiger partial charge in [-0.2, -0.15) is 26.3 Å². The summed E-state index contributed by atoms with van der Waals surface area (Å²) in [5.74, 6) is -2.68. The zero-order chi connectivity index (χ0) is 25.3. The molecule has 180 valence electrons. The zero-order valence-corrected chi connectivity index (χ0v) is 18.1. The molecule has 34 heavy (non-hydrogen) atoms. The van der Waals surface area contributed by atoms with Crippen molar-refractivity contribution >= 4 is 43.4 Å². The molecular weight excluding hydrogens is 486 g/mol. The Bertz CT molecular complexity index is 1290. The Kier molecular flexibility index (Phi) is 7.06. The minimum Gasteiger partial charge on any atom is -0.463 e. The van der Waals surface area contributed by atoms with Crippen molar-refractivity contribution in [2.24, 2.45) is 0 Å². The van der Waals surface area contributed by atoms with Gasteiger partial charge in [-0.1, -0.05) is 25.3 Å². The Labute approximate surface area is 193 Å². The molecule has 11 heteroatoms. The van der Waals surface area contributed by atoms with Crippen LogP contribution < -0.4 is 4.74 Å². The Balaban J connectivity index is 2.20. The van der Waals surface area contributed by atoms with E-state index in [0.717, 1.165) is 12.1 Å². The molecule has 1 heterocycles. The van der Waals surface area contributed by atoms with E-state index in [4.69, 9.17) is 9.47 Å². The Morgan fingerprint density at radius 3 is 1.97 bits per heavy atom. The number of aryl methyl sites for hydroxylation is 1. The molecule has 1 aromatic heterocycles. The number of rotatable bonds is 7. The molecule has 0 amide bonds. The second-order valence-electron chi connectivity index (χ2n) is 6.99. The maximum atomic E-state index is 14.0. The highest BCUT2D eigenvalue weighted by molar-refractivity contribution is 7.26. The summed E-state index contributed by atoms with van der Waals surface area (Å²) in [6.45, 7) is 6.19. The molecule has 4 nitrogen and oxygen atoms in total. The molecule has 0 fully saturated rings. The van der Waals surface area contributed by atoms with Crippen LogP contribution in [0.4, 0.5) is 26.3 Å². The van der Waals surface area contributed by atoms with Gasteiger partial charge in [-0.3, -0.25) is 0 Å². The van der Waals surface area contributed by atoms with Gasteiger partial charge in [0.25, 0.3) is 0 Å². The first-order valence-electron chi connectivity index (χ1n) is 9.67. The number of thiophene rings is 1. The van der Waals surface area contributed by atoms with E-state index in [9.17, 15) is 35.9 Å². The number of hydrogen-bond donors (Lipinski definition) is 0.